The van der Waals surface area contributed by atoms with Crippen LogP contribution >= 0.6 is 0 Å². The lowest BCUT2D eigenvalue weighted by atomic mass is 10.1. The van der Waals surface area contributed by atoms with Crippen molar-refractivity contribution < 1.29 is 9.53 Å². The molecule has 4 rings (SSSR count). The van der Waals surface area contributed by atoms with E-state index in [4.69, 9.17) is 4.74 Å². The van der Waals surface area contributed by atoms with Crippen LogP contribution in [0.4, 0.5) is 0 Å². The first kappa shape index (κ1) is 16.2. The number of benzene rings is 3. The molecule has 1 amide bonds. The smallest absolute Gasteiger partial charge is 0.258 e. The number of amides is 1. The predicted molar refractivity (Wildman–Crippen MR) is 104 cm³/mol. The number of carbonyl (C=O) groups excluding carboxylic acids is 1. The van der Waals surface area contributed by atoms with Gasteiger partial charge in [-0.3, -0.25) is 4.79 Å². The zero-order chi connectivity index (χ0) is 17.9. The minimum Gasteiger partial charge on any atom is -0.484 e. The largest absolute Gasteiger partial charge is 0.484 e. The van der Waals surface area contributed by atoms with E-state index in [9.17, 15) is 4.79 Å². The van der Waals surface area contributed by atoms with Gasteiger partial charge in [0.2, 0.25) is 0 Å². The minimum atomic E-state index is -0.136. The minimum absolute atomic E-state index is 0.00382. The molecule has 0 saturated heterocycles. The highest BCUT2D eigenvalue weighted by molar-refractivity contribution is 5.84. The molecular weight excluding hydrogens is 324 g/mol. The van der Waals surface area contributed by atoms with Gasteiger partial charge >= 0.3 is 0 Å². The van der Waals surface area contributed by atoms with Crippen LogP contribution in [0.2, 0.25) is 0 Å². The van der Waals surface area contributed by atoms with Gasteiger partial charge in [0.05, 0.1) is 0 Å². The molecule has 0 fully saturated rings. The van der Waals surface area contributed by atoms with Crippen molar-refractivity contribution in [3.05, 3.63) is 78.0 Å². The standard InChI is InChI=1S/C22H20N2O2/c1-15-10-19-11-16(6-9-21(19)24-15)13-23-22(25)14-26-20-8-7-17-4-2-3-5-18(17)12-20/h2-12,24H,13-14H2,1H3,(H,23,25). The molecule has 130 valence electrons. The van der Waals surface area contributed by atoms with E-state index in [0.29, 0.717) is 12.3 Å². The van der Waals surface area contributed by atoms with E-state index in [-0.39, 0.29) is 12.5 Å². The normalized spacial score (nSPS) is 11.0. The Kier molecular flexibility index (Phi) is 4.32. The summed E-state index contributed by atoms with van der Waals surface area (Å²) in [4.78, 5) is 15.4. The fourth-order valence-corrected chi connectivity index (χ4v) is 3.09. The van der Waals surface area contributed by atoms with Gasteiger partial charge in [-0.2, -0.15) is 0 Å². The first-order valence-electron chi connectivity index (χ1n) is 8.64. The number of hydrogen-bond acceptors (Lipinski definition) is 2. The molecule has 1 aromatic heterocycles. The molecule has 0 bridgehead atoms. The molecule has 26 heavy (non-hydrogen) atoms. The third-order valence-corrected chi connectivity index (χ3v) is 4.40. The second-order valence-electron chi connectivity index (χ2n) is 6.45. The van der Waals surface area contributed by atoms with Crippen LogP contribution in [-0.4, -0.2) is 17.5 Å². The summed E-state index contributed by atoms with van der Waals surface area (Å²) in [7, 11) is 0. The van der Waals surface area contributed by atoms with E-state index >= 15 is 0 Å². The van der Waals surface area contributed by atoms with Gasteiger partial charge in [-0.1, -0.05) is 36.4 Å². The fraction of sp³-hybridized carbons (Fsp3) is 0.136. The molecule has 2 N–H and O–H groups in total. The molecule has 4 aromatic rings. The van der Waals surface area contributed by atoms with Gasteiger partial charge in [0.1, 0.15) is 5.75 Å². The Hall–Kier alpha value is -3.27. The second kappa shape index (κ2) is 6.92. The van der Waals surface area contributed by atoms with Crippen LogP contribution in [-0.2, 0) is 11.3 Å². The van der Waals surface area contributed by atoms with Crippen molar-refractivity contribution in [3.8, 4) is 5.75 Å². The lowest BCUT2D eigenvalue weighted by Crippen LogP contribution is -2.28. The van der Waals surface area contributed by atoms with Crippen molar-refractivity contribution in [1.82, 2.24) is 10.3 Å². The number of hydrogen-bond donors (Lipinski definition) is 2. The van der Waals surface area contributed by atoms with Gasteiger partial charge in [-0.25, -0.2) is 0 Å². The molecule has 1 heterocycles. The second-order valence-corrected chi connectivity index (χ2v) is 6.45. The number of aromatic nitrogens is 1. The maximum absolute atomic E-state index is 12.1. The van der Waals surface area contributed by atoms with Gasteiger partial charge in [0.25, 0.3) is 5.91 Å². The number of carbonyl (C=O) groups is 1. The molecule has 0 aliphatic carbocycles. The lowest BCUT2D eigenvalue weighted by molar-refractivity contribution is -0.123. The number of ether oxygens (including phenoxy) is 1. The van der Waals surface area contributed by atoms with E-state index in [2.05, 4.69) is 28.5 Å². The van der Waals surface area contributed by atoms with Crippen LogP contribution in [0.15, 0.2) is 66.7 Å². The summed E-state index contributed by atoms with van der Waals surface area (Å²) in [6.07, 6.45) is 0. The average Bonchev–Trinajstić information content (AvgIpc) is 3.03. The number of nitrogens with one attached hydrogen (secondary N) is 2. The van der Waals surface area contributed by atoms with Gasteiger partial charge in [-0.05, 0) is 59.0 Å². The third-order valence-electron chi connectivity index (χ3n) is 4.40. The van der Waals surface area contributed by atoms with E-state index in [0.717, 1.165) is 32.9 Å². The van der Waals surface area contributed by atoms with E-state index < -0.39 is 0 Å². The van der Waals surface area contributed by atoms with Crippen LogP contribution in [0.5, 0.6) is 5.75 Å². The van der Waals surface area contributed by atoms with Gasteiger partial charge in [0.15, 0.2) is 6.61 Å². The maximum Gasteiger partial charge on any atom is 0.258 e. The molecule has 0 aliphatic heterocycles. The van der Waals surface area contributed by atoms with E-state index in [1.54, 1.807) is 0 Å². The van der Waals surface area contributed by atoms with Crippen LogP contribution < -0.4 is 10.1 Å². The molecule has 0 radical (unpaired) electrons. The quantitative estimate of drug-likeness (QED) is 0.566. The van der Waals surface area contributed by atoms with Crippen LogP contribution in [0.3, 0.4) is 0 Å². The molecule has 0 atom stereocenters. The summed E-state index contributed by atoms with van der Waals surface area (Å²) in [5.74, 6) is 0.562. The number of rotatable bonds is 5. The molecule has 0 unspecified atom stereocenters. The van der Waals surface area contributed by atoms with Gasteiger partial charge < -0.3 is 15.0 Å². The first-order chi connectivity index (χ1) is 12.7. The summed E-state index contributed by atoms with van der Waals surface area (Å²) in [6.45, 7) is 2.52. The molecule has 4 nitrogen and oxygen atoms in total. The summed E-state index contributed by atoms with van der Waals surface area (Å²) >= 11 is 0. The average molecular weight is 344 g/mol. The highest BCUT2D eigenvalue weighted by Gasteiger charge is 2.05. The Bertz CT molecular complexity index is 1080. The summed E-state index contributed by atoms with van der Waals surface area (Å²) < 4.78 is 5.62. The Morgan fingerprint density at radius 3 is 2.69 bits per heavy atom. The van der Waals surface area contributed by atoms with Crippen LogP contribution in [0, 0.1) is 6.92 Å². The van der Waals surface area contributed by atoms with Crippen molar-refractivity contribution in [3.63, 3.8) is 0 Å². The van der Waals surface area contributed by atoms with Crippen LogP contribution in [0.25, 0.3) is 21.7 Å². The van der Waals surface area contributed by atoms with E-state index in [1.165, 1.54) is 0 Å². The Morgan fingerprint density at radius 1 is 0.962 bits per heavy atom. The van der Waals surface area contributed by atoms with Crippen LogP contribution in [0.1, 0.15) is 11.3 Å². The highest BCUT2D eigenvalue weighted by atomic mass is 16.5. The number of aromatic amines is 1. The maximum atomic E-state index is 12.1. The summed E-state index contributed by atoms with van der Waals surface area (Å²) in [5.41, 5.74) is 3.30. The zero-order valence-corrected chi connectivity index (χ0v) is 14.6. The zero-order valence-electron chi connectivity index (χ0n) is 14.6. The Morgan fingerprint density at radius 2 is 1.81 bits per heavy atom. The molecule has 3 aromatic carbocycles. The lowest BCUT2D eigenvalue weighted by Gasteiger charge is -2.08. The van der Waals surface area contributed by atoms with Crippen molar-refractivity contribution in [1.29, 1.82) is 0 Å². The summed E-state index contributed by atoms with van der Waals surface area (Å²) in [6, 6.07) is 22.1. The van der Waals surface area contributed by atoms with Crippen molar-refractivity contribution in [2.75, 3.05) is 6.61 Å². The number of aryl methyl sites for hydroxylation is 1. The SMILES string of the molecule is Cc1cc2cc(CNC(=O)COc3ccc4ccccc4c3)ccc2[nH]1. The highest BCUT2D eigenvalue weighted by Crippen LogP contribution is 2.20. The summed E-state index contributed by atoms with van der Waals surface area (Å²) in [5, 5.41) is 6.31. The Labute approximate surface area is 151 Å². The predicted octanol–water partition coefficient (Wildman–Crippen LogP) is 4.32. The van der Waals surface area contributed by atoms with Gasteiger partial charge in [-0.15, -0.1) is 0 Å². The Balaban J connectivity index is 1.34. The molecule has 4 heteroatoms. The number of H-pyrrole nitrogens is 1. The molecule has 0 aliphatic rings. The van der Waals surface area contributed by atoms with E-state index in [1.807, 2.05) is 55.5 Å². The third kappa shape index (κ3) is 3.54. The molecule has 0 saturated carbocycles. The first-order valence-corrected chi connectivity index (χ1v) is 8.64. The number of fused-ring (bicyclic) bond motifs is 2. The monoisotopic (exact) mass is 344 g/mol. The fourth-order valence-electron chi connectivity index (χ4n) is 3.09. The van der Waals surface area contributed by atoms with Crippen molar-refractivity contribution >= 4 is 27.6 Å². The molecule has 0 spiro atoms. The topological polar surface area (TPSA) is 54.1 Å². The van der Waals surface area contributed by atoms with Gasteiger partial charge in [0, 0.05) is 17.8 Å². The molecular formula is C22H20N2O2. The van der Waals surface area contributed by atoms with Crippen molar-refractivity contribution in [2.24, 2.45) is 0 Å². The van der Waals surface area contributed by atoms with Crippen molar-refractivity contribution in [2.45, 2.75) is 13.5 Å².